The lowest BCUT2D eigenvalue weighted by molar-refractivity contribution is -0.123. The van der Waals surface area contributed by atoms with E-state index in [4.69, 9.17) is 16.3 Å². The second kappa shape index (κ2) is 8.19. The Hall–Kier alpha value is -2.60. The van der Waals surface area contributed by atoms with E-state index in [2.05, 4.69) is 10.6 Å². The van der Waals surface area contributed by atoms with Crippen molar-refractivity contribution in [1.29, 1.82) is 0 Å². The predicted molar refractivity (Wildman–Crippen MR) is 96.5 cm³/mol. The molecule has 2 N–H and O–H groups in total. The van der Waals surface area contributed by atoms with Gasteiger partial charge in [0, 0.05) is 18.2 Å². The lowest BCUT2D eigenvalue weighted by Gasteiger charge is -2.09. The summed E-state index contributed by atoms with van der Waals surface area (Å²) >= 11 is 5.83. The number of ether oxygens (including phenoxy) is 1. The lowest BCUT2D eigenvalue weighted by atomic mass is 10.2. The molecule has 0 aliphatic heterocycles. The number of halogens is 2. The van der Waals surface area contributed by atoms with Gasteiger partial charge in [0.05, 0.1) is 5.02 Å². The fourth-order valence-electron chi connectivity index (χ4n) is 2.28. The third kappa shape index (κ3) is 5.20. The predicted octanol–water partition coefficient (Wildman–Crippen LogP) is 3.52. The van der Waals surface area contributed by atoms with Gasteiger partial charge in [-0.2, -0.15) is 0 Å². The largest absolute Gasteiger partial charge is 0.482 e. The maximum atomic E-state index is 13.0. The van der Waals surface area contributed by atoms with Crippen molar-refractivity contribution in [2.75, 3.05) is 11.9 Å². The van der Waals surface area contributed by atoms with Crippen molar-refractivity contribution in [2.24, 2.45) is 5.92 Å². The zero-order valence-electron chi connectivity index (χ0n) is 13.9. The van der Waals surface area contributed by atoms with Crippen LogP contribution in [0.2, 0.25) is 5.02 Å². The topological polar surface area (TPSA) is 67.4 Å². The van der Waals surface area contributed by atoms with Crippen LogP contribution in [0.5, 0.6) is 5.75 Å². The maximum absolute atomic E-state index is 13.0. The van der Waals surface area contributed by atoms with Gasteiger partial charge in [-0.05, 0) is 48.7 Å². The maximum Gasteiger partial charge on any atom is 0.258 e. The summed E-state index contributed by atoms with van der Waals surface area (Å²) in [5.74, 6) is -0.328. The molecule has 0 unspecified atom stereocenters. The van der Waals surface area contributed by atoms with Crippen LogP contribution in [0.4, 0.5) is 10.1 Å². The van der Waals surface area contributed by atoms with Crippen LogP contribution in [0.1, 0.15) is 18.4 Å². The zero-order valence-corrected chi connectivity index (χ0v) is 14.7. The molecule has 2 aromatic carbocycles. The number of rotatable bonds is 7. The molecule has 26 heavy (non-hydrogen) atoms. The fourth-order valence-corrected chi connectivity index (χ4v) is 2.50. The third-order valence-electron chi connectivity index (χ3n) is 3.91. The summed E-state index contributed by atoms with van der Waals surface area (Å²) in [6.07, 6.45) is 1.92. The van der Waals surface area contributed by atoms with Crippen molar-refractivity contribution < 1.29 is 18.7 Å². The highest BCUT2D eigenvalue weighted by Gasteiger charge is 2.29. The summed E-state index contributed by atoms with van der Waals surface area (Å²) in [5.41, 5.74) is 1.63. The normalized spacial score (nSPS) is 13.2. The molecule has 1 fully saturated rings. The minimum atomic E-state index is -0.469. The molecule has 1 aliphatic carbocycles. The van der Waals surface area contributed by atoms with Gasteiger partial charge in [-0.15, -0.1) is 0 Å². The van der Waals surface area contributed by atoms with Crippen molar-refractivity contribution in [2.45, 2.75) is 19.4 Å². The van der Waals surface area contributed by atoms with Crippen molar-refractivity contribution in [3.63, 3.8) is 0 Å². The van der Waals surface area contributed by atoms with Crippen molar-refractivity contribution in [1.82, 2.24) is 5.32 Å². The number of anilines is 1. The van der Waals surface area contributed by atoms with Crippen LogP contribution in [0, 0.1) is 11.7 Å². The van der Waals surface area contributed by atoms with E-state index in [1.807, 2.05) is 12.1 Å². The molecule has 1 aliphatic rings. The smallest absolute Gasteiger partial charge is 0.258 e. The summed E-state index contributed by atoms with van der Waals surface area (Å²) in [5, 5.41) is 5.69. The van der Waals surface area contributed by atoms with Gasteiger partial charge < -0.3 is 15.4 Å². The monoisotopic (exact) mass is 376 g/mol. The molecule has 0 atom stereocenters. The first-order chi connectivity index (χ1) is 12.5. The minimum absolute atomic E-state index is 0.0580. The first kappa shape index (κ1) is 18.2. The van der Waals surface area contributed by atoms with Crippen molar-refractivity contribution in [3.05, 3.63) is 58.9 Å². The standard InChI is InChI=1S/C19H18ClFN2O3/c20-16-9-14(21)5-8-17(16)26-11-18(24)22-10-12-1-6-15(7-2-12)23-19(25)13-3-4-13/h1-2,5-9,13H,3-4,10-11H2,(H,22,24)(H,23,25). The summed E-state index contributed by atoms with van der Waals surface area (Å²) in [7, 11) is 0. The second-order valence-corrected chi connectivity index (χ2v) is 6.51. The molecule has 2 amide bonds. The molecule has 0 bridgehead atoms. The average Bonchev–Trinajstić information content (AvgIpc) is 3.45. The van der Waals surface area contributed by atoms with E-state index in [1.54, 1.807) is 12.1 Å². The lowest BCUT2D eigenvalue weighted by Crippen LogP contribution is -2.28. The van der Waals surface area contributed by atoms with Crippen LogP contribution in [0.15, 0.2) is 42.5 Å². The van der Waals surface area contributed by atoms with E-state index in [1.165, 1.54) is 12.1 Å². The van der Waals surface area contributed by atoms with Gasteiger partial charge in [0.25, 0.3) is 5.91 Å². The molecule has 7 heteroatoms. The van der Waals surface area contributed by atoms with Crippen molar-refractivity contribution >= 4 is 29.1 Å². The van der Waals surface area contributed by atoms with Gasteiger partial charge in [-0.3, -0.25) is 9.59 Å². The number of carbonyl (C=O) groups is 2. The van der Waals surface area contributed by atoms with E-state index in [0.29, 0.717) is 6.54 Å². The molecule has 136 valence electrons. The molecule has 0 heterocycles. The zero-order chi connectivity index (χ0) is 18.5. The van der Waals surface area contributed by atoms with Gasteiger partial charge in [0.1, 0.15) is 11.6 Å². The Balaban J connectivity index is 1.42. The Morgan fingerprint density at radius 3 is 2.54 bits per heavy atom. The van der Waals surface area contributed by atoms with Crippen molar-refractivity contribution in [3.8, 4) is 5.75 Å². The highest BCUT2D eigenvalue weighted by atomic mass is 35.5. The first-order valence-corrected chi connectivity index (χ1v) is 8.63. The summed E-state index contributed by atoms with van der Waals surface area (Å²) in [4.78, 5) is 23.5. The summed E-state index contributed by atoms with van der Waals surface area (Å²) < 4.78 is 18.2. The van der Waals surface area contributed by atoms with Gasteiger partial charge >= 0.3 is 0 Å². The number of carbonyl (C=O) groups excluding carboxylic acids is 2. The highest BCUT2D eigenvalue weighted by molar-refractivity contribution is 6.32. The Morgan fingerprint density at radius 2 is 1.88 bits per heavy atom. The Labute approximate surface area is 155 Å². The molecule has 2 aromatic rings. The Morgan fingerprint density at radius 1 is 1.15 bits per heavy atom. The molecule has 3 rings (SSSR count). The van der Waals surface area contributed by atoms with Gasteiger partial charge in [0.15, 0.2) is 6.61 Å². The molecular formula is C19H18ClFN2O3. The Bertz CT molecular complexity index is 807. The number of hydrogen-bond acceptors (Lipinski definition) is 3. The SMILES string of the molecule is O=C(COc1ccc(F)cc1Cl)NCc1ccc(NC(=O)C2CC2)cc1. The number of amides is 2. The second-order valence-electron chi connectivity index (χ2n) is 6.10. The minimum Gasteiger partial charge on any atom is -0.482 e. The molecule has 0 spiro atoms. The van der Waals surface area contributed by atoms with E-state index >= 15 is 0 Å². The van der Waals surface area contributed by atoms with E-state index < -0.39 is 5.82 Å². The summed E-state index contributed by atoms with van der Waals surface area (Å²) in [6, 6.07) is 11.0. The number of nitrogens with one attached hydrogen (secondary N) is 2. The molecule has 1 saturated carbocycles. The molecule has 0 radical (unpaired) electrons. The average molecular weight is 377 g/mol. The molecular weight excluding hydrogens is 359 g/mol. The quantitative estimate of drug-likeness (QED) is 0.776. The van der Waals surface area contributed by atoms with Gasteiger partial charge in [0.2, 0.25) is 5.91 Å². The number of hydrogen-bond donors (Lipinski definition) is 2. The van der Waals surface area contributed by atoms with Crippen LogP contribution in [0.3, 0.4) is 0 Å². The van der Waals surface area contributed by atoms with Crippen LogP contribution < -0.4 is 15.4 Å². The number of benzene rings is 2. The van der Waals surface area contributed by atoms with Crippen LogP contribution >= 0.6 is 11.6 Å². The van der Waals surface area contributed by atoms with E-state index in [0.717, 1.165) is 30.2 Å². The molecule has 5 nitrogen and oxygen atoms in total. The highest BCUT2D eigenvalue weighted by Crippen LogP contribution is 2.30. The van der Waals surface area contributed by atoms with Crippen LogP contribution in [-0.4, -0.2) is 18.4 Å². The first-order valence-electron chi connectivity index (χ1n) is 8.25. The third-order valence-corrected chi connectivity index (χ3v) is 4.21. The fraction of sp³-hybridized carbons (Fsp3) is 0.263. The van der Waals surface area contributed by atoms with Gasteiger partial charge in [-0.1, -0.05) is 23.7 Å². The molecule has 0 aromatic heterocycles. The van der Waals surface area contributed by atoms with Crippen LogP contribution in [-0.2, 0) is 16.1 Å². The van der Waals surface area contributed by atoms with Crippen LogP contribution in [0.25, 0.3) is 0 Å². The Kier molecular flexibility index (Phi) is 5.73. The van der Waals surface area contributed by atoms with Gasteiger partial charge in [-0.25, -0.2) is 4.39 Å². The van der Waals surface area contributed by atoms with E-state index in [-0.39, 0.29) is 35.1 Å². The summed E-state index contributed by atoms with van der Waals surface area (Å²) in [6.45, 7) is 0.108. The molecule has 0 saturated heterocycles. The van der Waals surface area contributed by atoms with E-state index in [9.17, 15) is 14.0 Å².